The molecular formula is C16H31NO3. The first-order chi connectivity index (χ1) is 9.58. The highest BCUT2D eigenvalue weighted by atomic mass is 16.5. The Morgan fingerprint density at radius 2 is 2.00 bits per heavy atom. The third kappa shape index (κ3) is 4.99. The molecule has 0 bridgehead atoms. The van der Waals surface area contributed by atoms with Gasteiger partial charge >= 0.3 is 0 Å². The minimum Gasteiger partial charge on any atom is -0.389 e. The topological polar surface area (TPSA) is 50.7 Å². The van der Waals surface area contributed by atoms with Gasteiger partial charge in [0, 0.05) is 25.8 Å². The molecule has 1 heterocycles. The van der Waals surface area contributed by atoms with E-state index in [4.69, 9.17) is 9.47 Å². The Labute approximate surface area is 123 Å². The number of ether oxygens (including phenoxy) is 2. The van der Waals surface area contributed by atoms with E-state index in [0.29, 0.717) is 24.6 Å². The second-order valence-electron chi connectivity index (χ2n) is 6.99. The average Bonchev–Trinajstić information content (AvgIpc) is 2.44. The van der Waals surface area contributed by atoms with Crippen LogP contribution in [-0.4, -0.2) is 49.7 Å². The molecule has 0 aromatic carbocycles. The van der Waals surface area contributed by atoms with Crippen molar-refractivity contribution in [3.8, 4) is 0 Å². The minimum atomic E-state index is -0.407. The average molecular weight is 285 g/mol. The van der Waals surface area contributed by atoms with Crippen LogP contribution in [-0.2, 0) is 9.47 Å². The summed E-state index contributed by atoms with van der Waals surface area (Å²) in [6.45, 7) is 7.30. The van der Waals surface area contributed by atoms with Gasteiger partial charge in [-0.25, -0.2) is 0 Å². The van der Waals surface area contributed by atoms with Gasteiger partial charge < -0.3 is 19.9 Å². The molecule has 4 nitrogen and oxygen atoms in total. The largest absolute Gasteiger partial charge is 0.389 e. The van der Waals surface area contributed by atoms with E-state index in [1.54, 1.807) is 0 Å². The monoisotopic (exact) mass is 285 g/mol. The van der Waals surface area contributed by atoms with E-state index in [1.165, 1.54) is 25.7 Å². The summed E-state index contributed by atoms with van der Waals surface area (Å²) in [6, 6.07) is 0.522. The van der Waals surface area contributed by atoms with Crippen molar-refractivity contribution in [3.05, 3.63) is 0 Å². The summed E-state index contributed by atoms with van der Waals surface area (Å²) in [6.07, 6.45) is 6.90. The van der Waals surface area contributed by atoms with Crippen molar-refractivity contribution in [2.75, 3.05) is 26.4 Å². The van der Waals surface area contributed by atoms with Crippen LogP contribution in [0.3, 0.4) is 0 Å². The zero-order chi connectivity index (χ0) is 14.4. The summed E-state index contributed by atoms with van der Waals surface area (Å²) in [7, 11) is 0. The number of aliphatic hydroxyl groups is 1. The Balaban J connectivity index is 1.62. The number of nitrogens with one attached hydrogen (secondary N) is 1. The quantitative estimate of drug-likeness (QED) is 0.785. The van der Waals surface area contributed by atoms with Crippen LogP contribution in [0.25, 0.3) is 0 Å². The molecule has 2 rings (SSSR count). The van der Waals surface area contributed by atoms with Gasteiger partial charge in [-0.3, -0.25) is 0 Å². The summed E-state index contributed by atoms with van der Waals surface area (Å²) in [5.74, 6) is 0. The molecule has 2 aliphatic rings. The van der Waals surface area contributed by atoms with Crippen molar-refractivity contribution in [2.45, 2.75) is 70.6 Å². The number of rotatable bonds is 6. The lowest BCUT2D eigenvalue weighted by atomic mass is 9.73. The van der Waals surface area contributed by atoms with Crippen LogP contribution in [0.4, 0.5) is 0 Å². The molecule has 20 heavy (non-hydrogen) atoms. The summed E-state index contributed by atoms with van der Waals surface area (Å²) < 4.78 is 11.1. The maximum Gasteiger partial charge on any atom is 0.0897 e. The molecule has 0 radical (unpaired) electrons. The molecule has 0 spiro atoms. The highest BCUT2D eigenvalue weighted by Gasteiger charge is 2.32. The fourth-order valence-electron chi connectivity index (χ4n) is 3.30. The summed E-state index contributed by atoms with van der Waals surface area (Å²) in [5, 5.41) is 13.6. The predicted molar refractivity (Wildman–Crippen MR) is 79.8 cm³/mol. The van der Waals surface area contributed by atoms with E-state index in [0.717, 1.165) is 26.1 Å². The van der Waals surface area contributed by atoms with Gasteiger partial charge in [0.15, 0.2) is 0 Å². The van der Waals surface area contributed by atoms with E-state index >= 15 is 0 Å². The van der Waals surface area contributed by atoms with Crippen LogP contribution in [0.15, 0.2) is 0 Å². The molecule has 1 saturated heterocycles. The van der Waals surface area contributed by atoms with Gasteiger partial charge in [0.25, 0.3) is 0 Å². The standard InChI is InChI=1S/C16H31NO3/c1-16(2)8-4-3-5-15(16)17-11-13(18)12-20-14-6-9-19-10-7-14/h13-15,17-18H,3-12H2,1-2H3/t13-,15-/m1/s1. The molecule has 1 aliphatic heterocycles. The lowest BCUT2D eigenvalue weighted by Gasteiger charge is -2.39. The summed E-state index contributed by atoms with van der Waals surface area (Å²) >= 11 is 0. The van der Waals surface area contributed by atoms with Crippen LogP contribution in [0, 0.1) is 5.41 Å². The first kappa shape index (κ1) is 16.2. The van der Waals surface area contributed by atoms with Crippen molar-refractivity contribution < 1.29 is 14.6 Å². The predicted octanol–water partition coefficient (Wildman–Crippen LogP) is 2.10. The lowest BCUT2D eigenvalue weighted by molar-refractivity contribution is -0.0596. The minimum absolute atomic E-state index is 0.268. The van der Waals surface area contributed by atoms with Crippen molar-refractivity contribution in [2.24, 2.45) is 5.41 Å². The molecule has 1 saturated carbocycles. The third-order valence-electron chi connectivity index (χ3n) is 4.80. The first-order valence-corrected chi connectivity index (χ1v) is 8.19. The summed E-state index contributed by atoms with van der Waals surface area (Å²) in [4.78, 5) is 0. The van der Waals surface area contributed by atoms with Gasteiger partial charge in [0.05, 0.1) is 18.8 Å². The van der Waals surface area contributed by atoms with E-state index in [9.17, 15) is 5.11 Å². The van der Waals surface area contributed by atoms with Gasteiger partial charge in [0.2, 0.25) is 0 Å². The Morgan fingerprint density at radius 3 is 2.70 bits per heavy atom. The van der Waals surface area contributed by atoms with Crippen molar-refractivity contribution >= 4 is 0 Å². The second kappa shape index (κ2) is 7.74. The fourth-order valence-corrected chi connectivity index (χ4v) is 3.30. The Bertz CT molecular complexity index is 277. The number of hydrogen-bond donors (Lipinski definition) is 2. The lowest BCUT2D eigenvalue weighted by Crippen LogP contribution is -2.47. The highest BCUT2D eigenvalue weighted by molar-refractivity contribution is 4.88. The molecular weight excluding hydrogens is 254 g/mol. The Kier molecular flexibility index (Phi) is 6.27. The van der Waals surface area contributed by atoms with Gasteiger partial charge in [-0.15, -0.1) is 0 Å². The van der Waals surface area contributed by atoms with E-state index in [-0.39, 0.29) is 6.10 Å². The maximum atomic E-state index is 10.1. The molecule has 0 unspecified atom stereocenters. The molecule has 1 aliphatic carbocycles. The molecule has 0 aromatic rings. The van der Waals surface area contributed by atoms with Gasteiger partial charge in [0.1, 0.15) is 0 Å². The van der Waals surface area contributed by atoms with Gasteiger partial charge in [-0.1, -0.05) is 26.7 Å². The summed E-state index contributed by atoms with van der Waals surface area (Å²) in [5.41, 5.74) is 0.347. The van der Waals surface area contributed by atoms with Gasteiger partial charge in [-0.05, 0) is 31.1 Å². The molecule has 118 valence electrons. The van der Waals surface area contributed by atoms with E-state index in [1.807, 2.05) is 0 Å². The second-order valence-corrected chi connectivity index (χ2v) is 6.99. The van der Waals surface area contributed by atoms with Crippen LogP contribution >= 0.6 is 0 Å². The molecule has 0 amide bonds. The molecule has 2 atom stereocenters. The molecule has 0 aromatic heterocycles. The maximum absolute atomic E-state index is 10.1. The highest BCUT2D eigenvalue weighted by Crippen LogP contribution is 2.35. The molecule has 2 N–H and O–H groups in total. The number of hydrogen-bond acceptors (Lipinski definition) is 4. The van der Waals surface area contributed by atoms with Crippen molar-refractivity contribution in [1.82, 2.24) is 5.32 Å². The zero-order valence-corrected chi connectivity index (χ0v) is 13.1. The number of aliphatic hydroxyl groups excluding tert-OH is 1. The Hall–Kier alpha value is -0.160. The zero-order valence-electron chi connectivity index (χ0n) is 13.1. The fraction of sp³-hybridized carbons (Fsp3) is 1.00. The smallest absolute Gasteiger partial charge is 0.0897 e. The first-order valence-electron chi connectivity index (χ1n) is 8.19. The van der Waals surface area contributed by atoms with Gasteiger partial charge in [-0.2, -0.15) is 0 Å². The van der Waals surface area contributed by atoms with Crippen LogP contribution in [0.5, 0.6) is 0 Å². The van der Waals surface area contributed by atoms with Crippen LogP contribution in [0.1, 0.15) is 52.4 Å². The van der Waals surface area contributed by atoms with Crippen LogP contribution in [0.2, 0.25) is 0 Å². The van der Waals surface area contributed by atoms with Crippen molar-refractivity contribution in [3.63, 3.8) is 0 Å². The molecule has 2 fully saturated rings. The molecule has 4 heteroatoms. The third-order valence-corrected chi connectivity index (χ3v) is 4.80. The van der Waals surface area contributed by atoms with E-state index in [2.05, 4.69) is 19.2 Å². The van der Waals surface area contributed by atoms with E-state index < -0.39 is 6.10 Å². The van der Waals surface area contributed by atoms with Crippen molar-refractivity contribution in [1.29, 1.82) is 0 Å². The SMILES string of the molecule is CC1(C)CCCC[C@H]1NC[C@@H](O)COC1CCOCC1. The normalized spacial score (nSPS) is 29.2. The van der Waals surface area contributed by atoms with Crippen LogP contribution < -0.4 is 5.32 Å². The Morgan fingerprint density at radius 1 is 1.25 bits per heavy atom.